The van der Waals surface area contributed by atoms with E-state index >= 15 is 0 Å². The Kier molecular flexibility index (Phi) is 31.9. The number of benzene rings is 8. The fourth-order valence-electron chi connectivity index (χ4n) is 8.33. The Balaban J connectivity index is 0.000000209. The third-order valence-electron chi connectivity index (χ3n) is 13.5. The predicted octanol–water partition coefficient (Wildman–Crippen LogP) is 21.0. The Hall–Kier alpha value is -8.63. The number of nitro groups is 1. The number of methoxy groups -OCH3 is 1. The number of aliphatic imine (C=N–C) groups is 4. The van der Waals surface area contributed by atoms with E-state index in [0.717, 1.165) is 64.7 Å². The van der Waals surface area contributed by atoms with Gasteiger partial charge in [0.05, 0.1) is 41.4 Å². The highest BCUT2D eigenvalue weighted by molar-refractivity contribution is 5.84. The van der Waals surface area contributed by atoms with E-state index in [2.05, 4.69) is 133 Å². The molecule has 0 spiro atoms. The van der Waals surface area contributed by atoms with E-state index in [9.17, 15) is 14.5 Å². The summed E-state index contributed by atoms with van der Waals surface area (Å²) in [6.07, 6.45) is 27.6. The Labute approximate surface area is 500 Å². The Morgan fingerprint density at radius 3 is 1.18 bits per heavy atom. The highest BCUT2D eigenvalue weighted by atomic mass is 19.1. The van der Waals surface area contributed by atoms with Gasteiger partial charge in [-0.15, -0.1) is 0 Å². The summed E-state index contributed by atoms with van der Waals surface area (Å²) < 4.78 is 23.4. The number of ether oxygens (including phenoxy) is 2. The van der Waals surface area contributed by atoms with E-state index in [-0.39, 0.29) is 11.5 Å². The van der Waals surface area contributed by atoms with Crippen LogP contribution in [0.5, 0.6) is 11.5 Å². The summed E-state index contributed by atoms with van der Waals surface area (Å²) >= 11 is 0. The zero-order valence-electron chi connectivity index (χ0n) is 50.1. The van der Waals surface area contributed by atoms with Crippen LogP contribution in [0.1, 0.15) is 150 Å². The second kappa shape index (κ2) is 40.5. The Morgan fingerprint density at radius 2 is 0.738 bits per heavy atom. The van der Waals surface area contributed by atoms with E-state index in [0.29, 0.717) is 5.69 Å². The lowest BCUT2D eigenvalue weighted by Gasteiger charge is -2.05. The lowest BCUT2D eigenvalue weighted by Crippen LogP contribution is -1.96. The molecule has 0 aliphatic heterocycles. The summed E-state index contributed by atoms with van der Waals surface area (Å²) in [6, 6.07) is 63.6. The number of halogens is 1. The average Bonchev–Trinajstić information content (AvgIpc) is 3.59. The van der Waals surface area contributed by atoms with Crippen molar-refractivity contribution in [3.05, 3.63) is 255 Å². The molecular formula is C74H86FN5O4. The molecule has 0 heterocycles. The first kappa shape index (κ1) is 66.2. The molecule has 9 nitrogen and oxygen atoms in total. The number of unbranched alkanes of at least 4 members (excludes halogenated alkanes) is 9. The fourth-order valence-corrected chi connectivity index (χ4v) is 8.33. The van der Waals surface area contributed by atoms with Crippen molar-refractivity contribution < 1.29 is 18.8 Å². The summed E-state index contributed by atoms with van der Waals surface area (Å²) in [4.78, 5) is 27.7. The van der Waals surface area contributed by atoms with Gasteiger partial charge in [0.15, 0.2) is 0 Å². The van der Waals surface area contributed by atoms with Gasteiger partial charge in [-0.1, -0.05) is 164 Å². The molecule has 0 saturated heterocycles. The van der Waals surface area contributed by atoms with Crippen LogP contribution < -0.4 is 9.47 Å². The monoisotopic (exact) mass is 1130 g/mol. The minimum atomic E-state index is -0.426. The number of hydrogen-bond donors (Lipinski definition) is 0. The van der Waals surface area contributed by atoms with Gasteiger partial charge in [-0.05, 0) is 193 Å². The smallest absolute Gasteiger partial charge is 0.269 e. The molecule has 8 aromatic rings. The maximum atomic E-state index is 12.7. The van der Waals surface area contributed by atoms with E-state index < -0.39 is 4.92 Å². The van der Waals surface area contributed by atoms with Gasteiger partial charge in [-0.25, -0.2) is 4.39 Å². The molecule has 0 radical (unpaired) electrons. The molecule has 0 unspecified atom stereocenters. The number of aryl methyl sites for hydroxylation is 3. The summed E-state index contributed by atoms with van der Waals surface area (Å²) in [5.41, 5.74) is 12.0. The summed E-state index contributed by atoms with van der Waals surface area (Å²) in [7, 11) is 1.63. The molecule has 0 atom stereocenters. The maximum absolute atomic E-state index is 12.7. The van der Waals surface area contributed by atoms with Crippen molar-refractivity contribution in [2.24, 2.45) is 20.0 Å². The van der Waals surface area contributed by atoms with Gasteiger partial charge in [0.1, 0.15) is 17.3 Å². The molecule has 438 valence electrons. The lowest BCUT2D eigenvalue weighted by molar-refractivity contribution is -0.384. The van der Waals surface area contributed by atoms with E-state index in [1.54, 1.807) is 43.8 Å². The highest BCUT2D eigenvalue weighted by Crippen LogP contribution is 2.21. The number of nitrogens with zero attached hydrogens (tertiary/aromatic N) is 5. The van der Waals surface area contributed by atoms with Gasteiger partial charge in [0, 0.05) is 37.0 Å². The summed E-state index contributed by atoms with van der Waals surface area (Å²) in [5, 5.41) is 10.5. The van der Waals surface area contributed by atoms with Crippen LogP contribution in [0, 0.1) is 15.9 Å². The third kappa shape index (κ3) is 27.9. The van der Waals surface area contributed by atoms with Gasteiger partial charge in [0.25, 0.3) is 5.69 Å². The predicted molar refractivity (Wildman–Crippen MR) is 353 cm³/mol. The first-order chi connectivity index (χ1) is 41.2. The molecule has 0 aliphatic carbocycles. The molecule has 0 saturated carbocycles. The second-order valence-electron chi connectivity index (χ2n) is 20.4. The van der Waals surface area contributed by atoms with Gasteiger partial charge >= 0.3 is 0 Å². The van der Waals surface area contributed by atoms with Crippen LogP contribution in [0.25, 0.3) is 0 Å². The lowest BCUT2D eigenvalue weighted by atomic mass is 10.0. The second-order valence-corrected chi connectivity index (χ2v) is 20.4. The quantitative estimate of drug-likeness (QED) is 0.0210. The van der Waals surface area contributed by atoms with E-state index in [1.807, 2.05) is 79.2 Å². The summed E-state index contributed by atoms with van der Waals surface area (Å²) in [5.74, 6) is 1.48. The molecule has 0 amide bonds. The van der Waals surface area contributed by atoms with Crippen molar-refractivity contribution in [2.75, 3.05) is 13.7 Å². The average molecular weight is 1130 g/mol. The molecule has 84 heavy (non-hydrogen) atoms. The minimum absolute atomic E-state index is 0.0728. The van der Waals surface area contributed by atoms with Gasteiger partial charge in [-0.2, -0.15) is 0 Å². The van der Waals surface area contributed by atoms with Gasteiger partial charge in [-0.3, -0.25) is 30.1 Å². The van der Waals surface area contributed by atoms with Crippen LogP contribution in [0.4, 0.5) is 32.8 Å². The molecule has 0 N–H and O–H groups in total. The first-order valence-corrected chi connectivity index (χ1v) is 30.0. The normalized spacial score (nSPS) is 11.0. The zero-order chi connectivity index (χ0) is 59.7. The number of rotatable bonds is 28. The minimum Gasteiger partial charge on any atom is -0.497 e. The van der Waals surface area contributed by atoms with Crippen molar-refractivity contribution in [2.45, 2.75) is 130 Å². The van der Waals surface area contributed by atoms with E-state index in [1.165, 1.54) is 136 Å². The summed E-state index contributed by atoms with van der Waals surface area (Å²) in [6.45, 7) is 9.70. The van der Waals surface area contributed by atoms with Crippen LogP contribution in [0.15, 0.2) is 220 Å². The maximum Gasteiger partial charge on any atom is 0.269 e. The SMILES string of the molecule is CCCCCCCCc1ccc(N=Cc2ccc(OCCCC)cc2)cc1.CCCCCc1ccc(C=Nc2ccc(CCCC)cc2)cc1.COc1ccc(C=Nc2ccc(F)cc2)cc1.O=[N+]([O-])c1ccc(N=Cc2ccccc2)cc1. The standard InChI is InChI=1S/C25H35NO.C22H29N.C14H12FNO.C13H10N2O2/c1-3-5-7-8-9-10-11-22-12-16-24(17-13-22)26-21-23-14-18-25(19-15-23)27-20-6-4-2;1-3-5-7-9-20-10-12-21(13-11-20)18-23-22-16-14-19(15-17-22)8-6-4-2;1-17-14-8-2-11(3-9-14)10-16-13-6-4-12(15)5-7-13;16-15(17)13-8-6-12(7-9-13)14-10-11-4-2-1-3-5-11/h12-19,21H,3-11,20H2,1-2H3;10-18H,3-9H2,1-2H3;2-10H,1H3;1-10H. The molecule has 0 bridgehead atoms. The molecule has 8 aromatic carbocycles. The van der Waals surface area contributed by atoms with E-state index in [4.69, 9.17) is 9.47 Å². The van der Waals surface area contributed by atoms with Crippen LogP contribution in [0.2, 0.25) is 0 Å². The van der Waals surface area contributed by atoms with Gasteiger partial charge in [0.2, 0.25) is 0 Å². The Bertz CT molecular complexity index is 3130. The van der Waals surface area contributed by atoms with Crippen LogP contribution in [-0.2, 0) is 19.3 Å². The van der Waals surface area contributed by atoms with Crippen molar-refractivity contribution in [3.63, 3.8) is 0 Å². The molecular weight excluding hydrogens is 1040 g/mol. The van der Waals surface area contributed by atoms with Crippen LogP contribution in [0.3, 0.4) is 0 Å². The molecule has 0 aliphatic rings. The van der Waals surface area contributed by atoms with Crippen LogP contribution >= 0.6 is 0 Å². The molecule has 0 fully saturated rings. The molecule has 8 rings (SSSR count). The topological polar surface area (TPSA) is 111 Å². The largest absolute Gasteiger partial charge is 0.497 e. The van der Waals surface area contributed by atoms with Crippen molar-refractivity contribution >= 4 is 53.3 Å². The zero-order valence-corrected chi connectivity index (χ0v) is 50.1. The third-order valence-corrected chi connectivity index (χ3v) is 13.5. The molecule has 0 aromatic heterocycles. The number of non-ortho nitro benzene ring substituents is 1. The molecule has 10 heteroatoms. The fraction of sp³-hybridized carbons (Fsp3) is 0.297. The van der Waals surface area contributed by atoms with Gasteiger partial charge < -0.3 is 9.47 Å². The van der Waals surface area contributed by atoms with Crippen LogP contribution in [-0.4, -0.2) is 43.5 Å². The Morgan fingerprint density at radius 1 is 0.393 bits per heavy atom. The first-order valence-electron chi connectivity index (χ1n) is 30.0. The number of nitro benzene ring substituents is 1. The van der Waals surface area contributed by atoms with Crippen molar-refractivity contribution in [1.29, 1.82) is 0 Å². The number of hydrogen-bond acceptors (Lipinski definition) is 8. The van der Waals surface area contributed by atoms with Crippen molar-refractivity contribution in [1.82, 2.24) is 0 Å². The van der Waals surface area contributed by atoms with Crippen molar-refractivity contribution in [3.8, 4) is 11.5 Å². The highest BCUT2D eigenvalue weighted by Gasteiger charge is 2.03.